The molecule has 0 aliphatic carbocycles. The molecule has 4 amide bonds. The molecule has 0 spiro atoms. The highest BCUT2D eigenvalue weighted by Gasteiger charge is 2.32. The summed E-state index contributed by atoms with van der Waals surface area (Å²) in [6, 6.07) is -0.486. The maximum atomic E-state index is 13.1. The average Bonchev–Trinajstić information content (AvgIpc) is 2.80. The molecule has 0 aliphatic heterocycles. The molecule has 37 heavy (non-hydrogen) atoms. The van der Waals surface area contributed by atoms with Crippen LogP contribution in [0.4, 0.5) is 0 Å². The first-order valence-electron chi connectivity index (χ1n) is 11.1. The molecule has 0 bridgehead atoms. The van der Waals surface area contributed by atoms with Crippen LogP contribution in [-0.4, -0.2) is 86.3 Å². The molecule has 0 heterocycles. The zero-order chi connectivity index (χ0) is 28.3. The summed E-state index contributed by atoms with van der Waals surface area (Å²) in [6.07, 6.45) is -3.20. The van der Waals surface area contributed by atoms with Gasteiger partial charge in [0.25, 0.3) is 0 Å². The minimum atomic E-state index is -1.67. The molecule has 0 aliphatic rings. The molecule has 0 fully saturated rings. The summed E-state index contributed by atoms with van der Waals surface area (Å²) in [4.78, 5) is 71.9. The number of amides is 4. The Labute approximate surface area is 211 Å². The molecule has 0 saturated heterocycles. The summed E-state index contributed by atoms with van der Waals surface area (Å²) in [7, 11) is 0. The molecule has 1 aromatic carbocycles. The second-order valence-corrected chi connectivity index (χ2v) is 8.26. The number of carbonyl (C=O) groups excluding carboxylic acids is 4. The first-order valence-corrected chi connectivity index (χ1v) is 11.1. The summed E-state index contributed by atoms with van der Waals surface area (Å²) >= 11 is 0. The lowest BCUT2D eigenvalue weighted by molar-refractivity contribution is -0.143. The van der Waals surface area contributed by atoms with Crippen LogP contribution in [0.3, 0.4) is 0 Å². The van der Waals surface area contributed by atoms with Crippen molar-refractivity contribution in [1.82, 2.24) is 16.0 Å². The molecular weight excluding hydrogens is 494 g/mol. The van der Waals surface area contributed by atoms with E-state index in [9.17, 15) is 44.1 Å². The number of carboxylic acid groups (broad SMARTS) is 2. The van der Waals surface area contributed by atoms with Gasteiger partial charge in [-0.3, -0.25) is 24.0 Å². The standard InChI is InChI=1S/C22H31N5O10/c1-10(28)18(24)21(35)27-14(8-11-2-4-12(29)5-3-11)19(33)26-15(9-16(23)30)20(34)25-13(22(36)37)6-7-17(31)32/h2-5,10,13-15,18,28-29H,6-9,24H2,1H3,(H2,23,30)(H,25,34)(H,26,33)(H,27,35)(H,31,32)(H,36,37). The van der Waals surface area contributed by atoms with Crippen LogP contribution in [-0.2, 0) is 35.2 Å². The lowest BCUT2D eigenvalue weighted by Crippen LogP contribution is -2.59. The number of aliphatic hydroxyl groups excluding tert-OH is 1. The Morgan fingerprint density at radius 2 is 1.38 bits per heavy atom. The van der Waals surface area contributed by atoms with Crippen LogP contribution in [0, 0.1) is 0 Å². The Balaban J connectivity index is 3.14. The van der Waals surface area contributed by atoms with E-state index in [4.69, 9.17) is 16.6 Å². The van der Waals surface area contributed by atoms with Crippen LogP contribution in [0.15, 0.2) is 24.3 Å². The van der Waals surface area contributed by atoms with Gasteiger partial charge in [0, 0.05) is 12.8 Å². The van der Waals surface area contributed by atoms with Crippen LogP contribution in [0.5, 0.6) is 5.75 Å². The fourth-order valence-electron chi connectivity index (χ4n) is 3.04. The summed E-state index contributed by atoms with van der Waals surface area (Å²) in [6.45, 7) is 1.26. The predicted octanol–water partition coefficient (Wildman–Crippen LogP) is -3.08. The quantitative estimate of drug-likeness (QED) is 0.111. The van der Waals surface area contributed by atoms with Crippen molar-refractivity contribution in [2.45, 2.75) is 62.9 Å². The first kappa shape index (κ1) is 30.8. The molecule has 15 heteroatoms. The van der Waals surface area contributed by atoms with E-state index in [1.807, 2.05) is 0 Å². The Bertz CT molecular complexity index is 998. The van der Waals surface area contributed by atoms with E-state index in [0.717, 1.165) is 0 Å². The molecule has 0 aromatic heterocycles. The SMILES string of the molecule is CC(O)C(N)C(=O)NC(Cc1ccc(O)cc1)C(=O)NC(CC(N)=O)C(=O)NC(CCC(=O)O)C(=O)O. The third-order valence-corrected chi connectivity index (χ3v) is 5.13. The zero-order valence-corrected chi connectivity index (χ0v) is 19.9. The molecule has 1 aromatic rings. The molecule has 15 nitrogen and oxygen atoms in total. The third kappa shape index (κ3) is 10.9. The Morgan fingerprint density at radius 3 is 1.86 bits per heavy atom. The summed E-state index contributed by atoms with van der Waals surface area (Å²) in [5.74, 6) is -6.91. The van der Waals surface area contributed by atoms with E-state index in [1.165, 1.54) is 31.2 Å². The van der Waals surface area contributed by atoms with E-state index >= 15 is 0 Å². The molecule has 0 saturated carbocycles. The fraction of sp³-hybridized carbons (Fsp3) is 0.455. The number of nitrogens with two attached hydrogens (primary N) is 2. The topological polar surface area (TPSA) is 271 Å². The maximum Gasteiger partial charge on any atom is 0.326 e. The van der Waals surface area contributed by atoms with Crippen molar-refractivity contribution in [2.75, 3.05) is 0 Å². The van der Waals surface area contributed by atoms with Crippen LogP contribution in [0.25, 0.3) is 0 Å². The van der Waals surface area contributed by atoms with Gasteiger partial charge < -0.3 is 47.8 Å². The van der Waals surface area contributed by atoms with Crippen molar-refractivity contribution >= 4 is 35.6 Å². The van der Waals surface area contributed by atoms with Crippen LogP contribution in [0.2, 0.25) is 0 Å². The van der Waals surface area contributed by atoms with Gasteiger partial charge in [-0.2, -0.15) is 0 Å². The average molecular weight is 526 g/mol. The lowest BCUT2D eigenvalue weighted by atomic mass is 10.0. The van der Waals surface area contributed by atoms with Gasteiger partial charge in [0.2, 0.25) is 23.6 Å². The molecule has 5 atom stereocenters. The minimum Gasteiger partial charge on any atom is -0.508 e. The number of nitrogens with one attached hydrogen (secondary N) is 3. The monoisotopic (exact) mass is 525 g/mol. The first-order chi connectivity index (χ1) is 17.2. The Morgan fingerprint density at radius 1 is 0.865 bits per heavy atom. The van der Waals surface area contributed by atoms with Crippen LogP contribution in [0.1, 0.15) is 31.7 Å². The van der Waals surface area contributed by atoms with Crippen molar-refractivity contribution < 1.29 is 49.2 Å². The number of hydrogen-bond acceptors (Lipinski definition) is 9. The van der Waals surface area contributed by atoms with Crippen molar-refractivity contribution in [3.05, 3.63) is 29.8 Å². The van der Waals surface area contributed by atoms with Gasteiger partial charge in [-0.15, -0.1) is 0 Å². The number of rotatable bonds is 15. The number of hydrogen-bond donors (Lipinski definition) is 9. The number of carboxylic acids is 2. The largest absolute Gasteiger partial charge is 0.508 e. The van der Waals surface area contributed by atoms with Gasteiger partial charge in [-0.05, 0) is 31.0 Å². The number of phenolic OH excluding ortho intramolecular Hbond substituents is 1. The molecule has 11 N–H and O–H groups in total. The zero-order valence-electron chi connectivity index (χ0n) is 19.9. The van der Waals surface area contributed by atoms with Gasteiger partial charge in [0.1, 0.15) is 29.9 Å². The molecular formula is C22H31N5O10. The summed E-state index contributed by atoms with van der Waals surface area (Å²) in [5, 5.41) is 43.7. The van der Waals surface area contributed by atoms with Gasteiger partial charge in [-0.1, -0.05) is 12.1 Å². The summed E-state index contributed by atoms with van der Waals surface area (Å²) < 4.78 is 0. The van der Waals surface area contributed by atoms with Crippen molar-refractivity contribution in [3.8, 4) is 5.75 Å². The van der Waals surface area contributed by atoms with E-state index in [-0.39, 0.29) is 12.2 Å². The fourth-order valence-corrected chi connectivity index (χ4v) is 3.04. The number of benzene rings is 1. The van der Waals surface area contributed by atoms with Crippen LogP contribution < -0.4 is 27.4 Å². The highest BCUT2D eigenvalue weighted by atomic mass is 16.4. The Hall–Kier alpha value is -4.24. The molecule has 5 unspecified atom stereocenters. The van der Waals surface area contributed by atoms with Gasteiger partial charge in [0.05, 0.1) is 12.5 Å². The highest BCUT2D eigenvalue weighted by molar-refractivity contribution is 5.96. The van der Waals surface area contributed by atoms with Gasteiger partial charge >= 0.3 is 11.9 Å². The second-order valence-electron chi connectivity index (χ2n) is 8.26. The lowest BCUT2D eigenvalue weighted by Gasteiger charge is -2.25. The van der Waals surface area contributed by atoms with E-state index in [2.05, 4.69) is 16.0 Å². The number of aliphatic hydroxyl groups is 1. The number of aliphatic carboxylic acids is 2. The van der Waals surface area contributed by atoms with Crippen molar-refractivity contribution in [3.63, 3.8) is 0 Å². The van der Waals surface area contributed by atoms with Gasteiger partial charge in [-0.25, -0.2) is 4.79 Å². The Kier molecular flexibility index (Phi) is 11.9. The minimum absolute atomic E-state index is 0.0565. The normalized spacial score (nSPS) is 14.8. The molecule has 1 rings (SSSR count). The van der Waals surface area contributed by atoms with E-state index < -0.39 is 85.1 Å². The second kappa shape index (κ2) is 14.4. The third-order valence-electron chi connectivity index (χ3n) is 5.13. The summed E-state index contributed by atoms with van der Waals surface area (Å²) in [5.41, 5.74) is 11.3. The number of aromatic hydroxyl groups is 1. The van der Waals surface area contributed by atoms with E-state index in [1.54, 1.807) is 0 Å². The predicted molar refractivity (Wildman–Crippen MR) is 126 cm³/mol. The van der Waals surface area contributed by atoms with E-state index in [0.29, 0.717) is 5.56 Å². The van der Waals surface area contributed by atoms with Crippen molar-refractivity contribution in [1.29, 1.82) is 0 Å². The highest BCUT2D eigenvalue weighted by Crippen LogP contribution is 2.12. The van der Waals surface area contributed by atoms with Crippen LogP contribution >= 0.6 is 0 Å². The van der Waals surface area contributed by atoms with Gasteiger partial charge in [0.15, 0.2) is 0 Å². The van der Waals surface area contributed by atoms with Crippen molar-refractivity contribution in [2.24, 2.45) is 11.5 Å². The number of primary amides is 1. The molecule has 204 valence electrons. The smallest absolute Gasteiger partial charge is 0.326 e. The maximum absolute atomic E-state index is 13.1. The molecule has 0 radical (unpaired) electrons. The number of carbonyl (C=O) groups is 6. The number of phenols is 1.